The van der Waals surface area contributed by atoms with Crippen molar-refractivity contribution in [2.24, 2.45) is 0 Å². The molecule has 0 unspecified atom stereocenters. The van der Waals surface area contributed by atoms with Gasteiger partial charge in [0.2, 0.25) is 11.8 Å². The van der Waals surface area contributed by atoms with Gasteiger partial charge in [0.15, 0.2) is 0 Å². The van der Waals surface area contributed by atoms with Crippen molar-refractivity contribution in [1.82, 2.24) is 9.80 Å². The van der Waals surface area contributed by atoms with Gasteiger partial charge >= 0.3 is 5.97 Å². The van der Waals surface area contributed by atoms with Crippen LogP contribution >= 0.6 is 11.8 Å². The van der Waals surface area contributed by atoms with Crippen molar-refractivity contribution in [2.45, 2.75) is 19.9 Å². The maximum absolute atomic E-state index is 12.6. The molecule has 0 aromatic heterocycles. The SMILES string of the molecule is CCOC(=O)/C=C1/SCC(=O)N1CC(=O)N1CCc2ccccc2C1. The van der Waals surface area contributed by atoms with Crippen LogP contribution in [0.15, 0.2) is 35.4 Å². The van der Waals surface area contributed by atoms with Crippen LogP contribution in [0.25, 0.3) is 0 Å². The van der Waals surface area contributed by atoms with E-state index >= 15 is 0 Å². The van der Waals surface area contributed by atoms with Crippen LogP contribution in [0.5, 0.6) is 0 Å². The van der Waals surface area contributed by atoms with Gasteiger partial charge in [0.1, 0.15) is 6.54 Å². The highest BCUT2D eigenvalue weighted by molar-refractivity contribution is 8.04. The van der Waals surface area contributed by atoms with E-state index in [4.69, 9.17) is 4.74 Å². The molecule has 0 bridgehead atoms. The molecule has 0 N–H and O–H groups in total. The van der Waals surface area contributed by atoms with E-state index < -0.39 is 5.97 Å². The van der Waals surface area contributed by atoms with E-state index in [1.807, 2.05) is 18.2 Å². The fourth-order valence-electron chi connectivity index (χ4n) is 2.93. The predicted molar refractivity (Wildman–Crippen MR) is 94.5 cm³/mol. The average molecular weight is 360 g/mol. The molecule has 6 nitrogen and oxygen atoms in total. The molecular weight excluding hydrogens is 340 g/mol. The van der Waals surface area contributed by atoms with E-state index in [0.717, 1.165) is 12.0 Å². The molecule has 0 radical (unpaired) electrons. The summed E-state index contributed by atoms with van der Waals surface area (Å²) < 4.78 is 4.89. The van der Waals surface area contributed by atoms with Gasteiger partial charge in [-0.1, -0.05) is 36.0 Å². The van der Waals surface area contributed by atoms with E-state index in [0.29, 0.717) is 18.1 Å². The summed E-state index contributed by atoms with van der Waals surface area (Å²) in [4.78, 5) is 39.5. The Bertz CT molecular complexity index is 732. The summed E-state index contributed by atoms with van der Waals surface area (Å²) in [6, 6.07) is 8.08. The number of benzene rings is 1. The Morgan fingerprint density at radius 2 is 2.04 bits per heavy atom. The summed E-state index contributed by atoms with van der Waals surface area (Å²) in [6.07, 6.45) is 2.11. The fourth-order valence-corrected chi connectivity index (χ4v) is 3.86. The predicted octanol–water partition coefficient (Wildman–Crippen LogP) is 1.55. The molecule has 0 spiro atoms. The molecule has 2 aliphatic heterocycles. The van der Waals surface area contributed by atoms with Crippen LogP contribution in [0.2, 0.25) is 0 Å². The molecule has 0 atom stereocenters. The number of hydrogen-bond donors (Lipinski definition) is 0. The van der Waals surface area contributed by atoms with Crippen LogP contribution < -0.4 is 0 Å². The first-order chi connectivity index (χ1) is 12.1. The highest BCUT2D eigenvalue weighted by Gasteiger charge is 2.31. The molecule has 2 aliphatic rings. The lowest BCUT2D eigenvalue weighted by Gasteiger charge is -2.30. The number of thioether (sulfide) groups is 1. The van der Waals surface area contributed by atoms with Gasteiger partial charge in [-0.3, -0.25) is 14.5 Å². The lowest BCUT2D eigenvalue weighted by molar-refractivity contribution is -0.138. The van der Waals surface area contributed by atoms with Crippen LogP contribution in [0.4, 0.5) is 0 Å². The number of esters is 1. The zero-order chi connectivity index (χ0) is 17.8. The highest BCUT2D eigenvalue weighted by atomic mass is 32.2. The Hall–Kier alpha value is -2.28. The molecule has 0 aliphatic carbocycles. The van der Waals surface area contributed by atoms with E-state index in [-0.39, 0.29) is 30.7 Å². The number of rotatable bonds is 4. The summed E-state index contributed by atoms with van der Waals surface area (Å²) in [7, 11) is 0. The van der Waals surface area contributed by atoms with Crippen LogP contribution in [0.1, 0.15) is 18.1 Å². The van der Waals surface area contributed by atoms with Gasteiger partial charge in [-0.2, -0.15) is 0 Å². The smallest absolute Gasteiger partial charge is 0.333 e. The Kier molecular flexibility index (Phi) is 5.43. The van der Waals surface area contributed by atoms with Gasteiger partial charge < -0.3 is 9.64 Å². The first-order valence-corrected chi connectivity index (χ1v) is 9.23. The fraction of sp³-hybridized carbons (Fsp3) is 0.389. The van der Waals surface area contributed by atoms with Crippen LogP contribution in [-0.4, -0.2) is 53.0 Å². The summed E-state index contributed by atoms with van der Waals surface area (Å²) in [6.45, 7) is 3.15. The minimum Gasteiger partial charge on any atom is -0.463 e. The molecule has 1 aromatic carbocycles. The molecule has 7 heteroatoms. The van der Waals surface area contributed by atoms with Gasteiger partial charge in [0.25, 0.3) is 0 Å². The second-order valence-electron chi connectivity index (χ2n) is 5.84. The molecule has 1 saturated heterocycles. The maximum atomic E-state index is 12.6. The molecule has 25 heavy (non-hydrogen) atoms. The molecule has 1 aromatic rings. The number of fused-ring (bicyclic) bond motifs is 1. The number of nitrogens with zero attached hydrogens (tertiary/aromatic N) is 2. The molecule has 2 amide bonds. The van der Waals surface area contributed by atoms with Gasteiger partial charge in [-0.15, -0.1) is 0 Å². The first-order valence-electron chi connectivity index (χ1n) is 8.24. The summed E-state index contributed by atoms with van der Waals surface area (Å²) >= 11 is 1.26. The van der Waals surface area contributed by atoms with Crippen molar-refractivity contribution >= 4 is 29.5 Å². The Morgan fingerprint density at radius 3 is 2.80 bits per heavy atom. The number of carbonyl (C=O) groups is 3. The third-order valence-corrected chi connectivity index (χ3v) is 5.24. The molecular formula is C18H20N2O4S. The van der Waals surface area contributed by atoms with Gasteiger partial charge in [-0.05, 0) is 24.5 Å². The Morgan fingerprint density at radius 1 is 1.28 bits per heavy atom. The van der Waals surface area contributed by atoms with Crippen molar-refractivity contribution in [3.05, 3.63) is 46.5 Å². The highest BCUT2D eigenvalue weighted by Crippen LogP contribution is 2.29. The van der Waals surface area contributed by atoms with E-state index in [9.17, 15) is 14.4 Å². The third kappa shape index (κ3) is 4.04. The Balaban J connectivity index is 1.67. The summed E-state index contributed by atoms with van der Waals surface area (Å²) in [5.74, 6) is -0.531. The van der Waals surface area contributed by atoms with Crippen molar-refractivity contribution in [3.63, 3.8) is 0 Å². The van der Waals surface area contributed by atoms with E-state index in [1.165, 1.54) is 28.3 Å². The minimum absolute atomic E-state index is 0.0424. The van der Waals surface area contributed by atoms with Crippen molar-refractivity contribution in [2.75, 3.05) is 25.4 Å². The van der Waals surface area contributed by atoms with Crippen LogP contribution in [0, 0.1) is 0 Å². The topological polar surface area (TPSA) is 66.9 Å². The van der Waals surface area contributed by atoms with Gasteiger partial charge in [0, 0.05) is 13.1 Å². The molecule has 132 valence electrons. The van der Waals surface area contributed by atoms with Crippen LogP contribution in [-0.2, 0) is 32.1 Å². The molecule has 2 heterocycles. The van der Waals surface area contributed by atoms with E-state index in [1.54, 1.807) is 11.8 Å². The summed E-state index contributed by atoms with van der Waals surface area (Å²) in [5.41, 5.74) is 2.41. The maximum Gasteiger partial charge on any atom is 0.333 e. The van der Waals surface area contributed by atoms with Crippen molar-refractivity contribution in [3.8, 4) is 0 Å². The molecule has 1 fully saturated rings. The lowest BCUT2D eigenvalue weighted by atomic mass is 10.00. The number of carbonyl (C=O) groups excluding carboxylic acids is 3. The van der Waals surface area contributed by atoms with Crippen molar-refractivity contribution in [1.29, 1.82) is 0 Å². The minimum atomic E-state index is -0.496. The van der Waals surface area contributed by atoms with E-state index in [2.05, 4.69) is 6.07 Å². The zero-order valence-corrected chi connectivity index (χ0v) is 14.9. The molecule has 0 saturated carbocycles. The Labute approximate surface area is 150 Å². The first kappa shape index (κ1) is 17.5. The van der Waals surface area contributed by atoms with Crippen molar-refractivity contribution < 1.29 is 19.1 Å². The number of ether oxygens (including phenoxy) is 1. The number of hydrogen-bond acceptors (Lipinski definition) is 5. The lowest BCUT2D eigenvalue weighted by Crippen LogP contribution is -2.42. The largest absolute Gasteiger partial charge is 0.463 e. The average Bonchev–Trinajstić information content (AvgIpc) is 2.94. The van der Waals surface area contributed by atoms with Gasteiger partial charge in [-0.25, -0.2) is 4.79 Å². The monoisotopic (exact) mass is 360 g/mol. The zero-order valence-electron chi connectivity index (χ0n) is 14.1. The second kappa shape index (κ2) is 7.74. The standard InChI is InChI=1S/C18H20N2O4S/c1-2-24-18(23)9-17-20(16(22)12-25-17)11-15(21)19-8-7-13-5-3-4-6-14(13)10-19/h3-6,9H,2,7-8,10-12H2,1H3/b17-9+. The van der Waals surface area contributed by atoms with Gasteiger partial charge in [0.05, 0.1) is 23.5 Å². The summed E-state index contributed by atoms with van der Waals surface area (Å²) in [5, 5.41) is 0.481. The quantitative estimate of drug-likeness (QED) is 0.602. The second-order valence-corrected chi connectivity index (χ2v) is 6.83. The molecule has 3 rings (SSSR count). The normalized spacial score (nSPS) is 18.4. The van der Waals surface area contributed by atoms with Crippen LogP contribution in [0.3, 0.4) is 0 Å². The number of amides is 2. The third-order valence-electron chi connectivity index (χ3n) is 4.22.